The Kier molecular flexibility index (Phi) is 6.52. The number of amides is 1. The molecule has 0 bridgehead atoms. The molecule has 0 aliphatic carbocycles. The van der Waals surface area contributed by atoms with Crippen molar-refractivity contribution in [2.24, 2.45) is 0 Å². The summed E-state index contributed by atoms with van der Waals surface area (Å²) in [5.41, 5.74) is 1.71. The summed E-state index contributed by atoms with van der Waals surface area (Å²) in [7, 11) is 1.54. The molecule has 150 valence electrons. The molecule has 0 aliphatic heterocycles. The minimum Gasteiger partial charge on any atom is -0.493 e. The van der Waals surface area contributed by atoms with Crippen LogP contribution in [-0.4, -0.2) is 31.3 Å². The van der Waals surface area contributed by atoms with Crippen molar-refractivity contribution in [1.29, 1.82) is 0 Å². The summed E-state index contributed by atoms with van der Waals surface area (Å²) in [5, 5.41) is 13.5. The highest BCUT2D eigenvalue weighted by molar-refractivity contribution is 5.77. The van der Waals surface area contributed by atoms with Gasteiger partial charge in [-0.15, -0.1) is 0 Å². The molecule has 5 heteroatoms. The zero-order valence-corrected chi connectivity index (χ0v) is 16.6. The molecule has 5 nitrogen and oxygen atoms in total. The van der Waals surface area contributed by atoms with Gasteiger partial charge in [-0.05, 0) is 35.7 Å². The zero-order chi connectivity index (χ0) is 20.7. The maximum Gasteiger partial charge on any atom is 0.258 e. The van der Waals surface area contributed by atoms with Crippen molar-refractivity contribution >= 4 is 5.91 Å². The fourth-order valence-electron chi connectivity index (χ4n) is 2.96. The van der Waals surface area contributed by atoms with Gasteiger partial charge < -0.3 is 19.9 Å². The molecule has 0 saturated carbocycles. The monoisotopic (exact) mass is 391 g/mol. The highest BCUT2D eigenvalue weighted by atomic mass is 16.5. The molecule has 0 saturated heterocycles. The van der Waals surface area contributed by atoms with Gasteiger partial charge in [0.25, 0.3) is 5.91 Å². The van der Waals surface area contributed by atoms with E-state index in [4.69, 9.17) is 9.47 Å². The highest BCUT2D eigenvalue weighted by Crippen LogP contribution is 2.26. The Morgan fingerprint density at radius 1 is 0.897 bits per heavy atom. The third-order valence-electron chi connectivity index (χ3n) is 4.67. The summed E-state index contributed by atoms with van der Waals surface area (Å²) >= 11 is 0. The number of methoxy groups -OCH3 is 1. The summed E-state index contributed by atoms with van der Waals surface area (Å²) in [6.07, 6.45) is 0. The Hall–Kier alpha value is -3.31. The van der Waals surface area contributed by atoms with Crippen LogP contribution >= 0.6 is 0 Å². The SMILES string of the molecule is COc1ccccc1OCC(=O)NCC(C)(O)c1ccc(-c2ccccc2)cc1. The molecule has 2 N–H and O–H groups in total. The average Bonchev–Trinajstić information content (AvgIpc) is 2.77. The largest absolute Gasteiger partial charge is 0.493 e. The summed E-state index contributed by atoms with van der Waals surface area (Å²) in [4.78, 5) is 12.1. The summed E-state index contributed by atoms with van der Waals surface area (Å²) in [6, 6.07) is 24.8. The first-order chi connectivity index (χ1) is 14.0. The van der Waals surface area contributed by atoms with E-state index in [2.05, 4.69) is 5.32 Å². The van der Waals surface area contributed by atoms with Gasteiger partial charge in [0.05, 0.1) is 13.7 Å². The van der Waals surface area contributed by atoms with Gasteiger partial charge in [0, 0.05) is 0 Å². The van der Waals surface area contributed by atoms with Crippen LogP contribution in [0.1, 0.15) is 12.5 Å². The number of hydrogen-bond donors (Lipinski definition) is 2. The van der Waals surface area contributed by atoms with Crippen molar-refractivity contribution in [2.75, 3.05) is 20.3 Å². The van der Waals surface area contributed by atoms with Crippen molar-refractivity contribution in [3.05, 3.63) is 84.4 Å². The molecule has 3 aromatic carbocycles. The van der Waals surface area contributed by atoms with Crippen molar-refractivity contribution in [1.82, 2.24) is 5.32 Å². The van der Waals surface area contributed by atoms with Gasteiger partial charge in [-0.3, -0.25) is 4.79 Å². The number of benzene rings is 3. The van der Waals surface area contributed by atoms with E-state index >= 15 is 0 Å². The van der Waals surface area contributed by atoms with Crippen LogP contribution in [0.15, 0.2) is 78.9 Å². The van der Waals surface area contributed by atoms with Crippen LogP contribution in [0.25, 0.3) is 11.1 Å². The molecule has 0 radical (unpaired) electrons. The normalized spacial score (nSPS) is 12.7. The van der Waals surface area contributed by atoms with E-state index in [-0.39, 0.29) is 19.1 Å². The smallest absolute Gasteiger partial charge is 0.258 e. The van der Waals surface area contributed by atoms with E-state index in [9.17, 15) is 9.90 Å². The number of rotatable bonds is 8. The molecular formula is C24H25NO4. The topological polar surface area (TPSA) is 67.8 Å². The number of nitrogens with one attached hydrogen (secondary N) is 1. The molecule has 1 atom stereocenters. The molecule has 3 aromatic rings. The standard InChI is InChI=1S/C24H25NO4/c1-24(27,20-14-12-19(13-15-20)18-8-4-3-5-9-18)17-25-23(26)16-29-22-11-7-6-10-21(22)28-2/h3-15,27H,16-17H2,1-2H3,(H,25,26). The molecule has 0 heterocycles. The molecule has 0 aromatic heterocycles. The van der Waals surface area contributed by atoms with Gasteiger partial charge in [0.2, 0.25) is 0 Å². The number of carbonyl (C=O) groups excluding carboxylic acids is 1. The van der Waals surface area contributed by atoms with Gasteiger partial charge in [0.1, 0.15) is 5.60 Å². The molecule has 0 spiro atoms. The van der Waals surface area contributed by atoms with Crippen LogP contribution in [0, 0.1) is 0 Å². The van der Waals surface area contributed by atoms with E-state index in [0.717, 1.165) is 16.7 Å². The molecular weight excluding hydrogens is 366 g/mol. The number of carbonyl (C=O) groups is 1. The van der Waals surface area contributed by atoms with E-state index < -0.39 is 5.60 Å². The van der Waals surface area contributed by atoms with Crippen LogP contribution < -0.4 is 14.8 Å². The van der Waals surface area contributed by atoms with Crippen molar-refractivity contribution in [3.8, 4) is 22.6 Å². The Morgan fingerprint density at radius 2 is 1.48 bits per heavy atom. The number of ether oxygens (including phenoxy) is 2. The maximum atomic E-state index is 12.1. The van der Waals surface area contributed by atoms with E-state index in [1.54, 1.807) is 32.2 Å². The third-order valence-corrected chi connectivity index (χ3v) is 4.67. The Bertz CT molecular complexity index is 937. The fourth-order valence-corrected chi connectivity index (χ4v) is 2.96. The lowest BCUT2D eigenvalue weighted by atomic mass is 9.93. The quantitative estimate of drug-likeness (QED) is 0.613. The number of hydrogen-bond acceptors (Lipinski definition) is 4. The number of para-hydroxylation sites is 2. The first-order valence-corrected chi connectivity index (χ1v) is 9.40. The second-order valence-corrected chi connectivity index (χ2v) is 6.93. The second kappa shape index (κ2) is 9.26. The molecule has 29 heavy (non-hydrogen) atoms. The predicted octanol–water partition coefficient (Wildman–Crippen LogP) is 3.76. The first kappa shape index (κ1) is 20.4. The van der Waals surface area contributed by atoms with Gasteiger partial charge in [0.15, 0.2) is 18.1 Å². The lowest BCUT2D eigenvalue weighted by Gasteiger charge is -2.24. The molecule has 3 rings (SSSR count). The van der Waals surface area contributed by atoms with Crippen LogP contribution in [0.2, 0.25) is 0 Å². The summed E-state index contributed by atoms with van der Waals surface area (Å²) in [6.45, 7) is 1.58. The lowest BCUT2D eigenvalue weighted by Crippen LogP contribution is -2.40. The minimum absolute atomic E-state index is 0.0752. The molecule has 1 amide bonds. The molecule has 0 aliphatic rings. The third kappa shape index (κ3) is 5.36. The van der Waals surface area contributed by atoms with Crippen LogP contribution in [-0.2, 0) is 10.4 Å². The van der Waals surface area contributed by atoms with Gasteiger partial charge in [-0.2, -0.15) is 0 Å². The van der Waals surface area contributed by atoms with Crippen molar-refractivity contribution in [2.45, 2.75) is 12.5 Å². The Labute approximate surface area is 170 Å². The van der Waals surface area contributed by atoms with Gasteiger partial charge >= 0.3 is 0 Å². The van der Waals surface area contributed by atoms with E-state index in [1.165, 1.54) is 0 Å². The average molecular weight is 391 g/mol. The van der Waals surface area contributed by atoms with Crippen LogP contribution in [0.4, 0.5) is 0 Å². The van der Waals surface area contributed by atoms with E-state index in [0.29, 0.717) is 11.5 Å². The minimum atomic E-state index is -1.20. The number of aliphatic hydroxyl groups is 1. The highest BCUT2D eigenvalue weighted by Gasteiger charge is 2.24. The van der Waals surface area contributed by atoms with Crippen LogP contribution in [0.5, 0.6) is 11.5 Å². The van der Waals surface area contributed by atoms with E-state index in [1.807, 2.05) is 60.7 Å². The van der Waals surface area contributed by atoms with Crippen LogP contribution in [0.3, 0.4) is 0 Å². The summed E-state index contributed by atoms with van der Waals surface area (Å²) in [5.74, 6) is 0.733. The molecule has 1 unspecified atom stereocenters. The van der Waals surface area contributed by atoms with Crippen molar-refractivity contribution in [3.63, 3.8) is 0 Å². The fraction of sp³-hybridized carbons (Fsp3) is 0.208. The van der Waals surface area contributed by atoms with Gasteiger partial charge in [-0.1, -0.05) is 66.7 Å². The maximum absolute atomic E-state index is 12.1. The first-order valence-electron chi connectivity index (χ1n) is 9.40. The lowest BCUT2D eigenvalue weighted by molar-refractivity contribution is -0.124. The summed E-state index contributed by atoms with van der Waals surface area (Å²) < 4.78 is 10.7. The predicted molar refractivity (Wildman–Crippen MR) is 113 cm³/mol. The van der Waals surface area contributed by atoms with Crippen molar-refractivity contribution < 1.29 is 19.4 Å². The molecule has 0 fully saturated rings. The Balaban J connectivity index is 1.55. The Morgan fingerprint density at radius 3 is 2.14 bits per heavy atom. The second-order valence-electron chi connectivity index (χ2n) is 6.93. The van der Waals surface area contributed by atoms with Gasteiger partial charge in [-0.25, -0.2) is 0 Å². The zero-order valence-electron chi connectivity index (χ0n) is 16.6.